The van der Waals surface area contributed by atoms with Crippen molar-refractivity contribution in [2.24, 2.45) is 0 Å². The highest BCUT2D eigenvalue weighted by molar-refractivity contribution is 6.16. The van der Waals surface area contributed by atoms with Gasteiger partial charge in [-0.05, 0) is 31.4 Å². The monoisotopic (exact) mass is 204 g/mol. The van der Waals surface area contributed by atoms with E-state index < -0.39 is 5.97 Å². The van der Waals surface area contributed by atoms with Gasteiger partial charge in [0.05, 0.1) is 5.57 Å². The summed E-state index contributed by atoms with van der Waals surface area (Å²) in [5, 5.41) is 9.07. The summed E-state index contributed by atoms with van der Waals surface area (Å²) in [7, 11) is 0. The van der Waals surface area contributed by atoms with Crippen molar-refractivity contribution in [2.45, 2.75) is 27.2 Å². The van der Waals surface area contributed by atoms with Crippen molar-refractivity contribution >= 4 is 11.5 Å². The first kappa shape index (κ1) is 11.5. The number of hydrogen-bond acceptors (Lipinski definition) is 1. The van der Waals surface area contributed by atoms with E-state index in [9.17, 15) is 4.79 Å². The minimum atomic E-state index is -0.862. The topological polar surface area (TPSA) is 37.3 Å². The molecule has 0 bridgehead atoms. The van der Waals surface area contributed by atoms with E-state index in [1.165, 1.54) is 5.56 Å². The van der Waals surface area contributed by atoms with Gasteiger partial charge >= 0.3 is 5.97 Å². The average molecular weight is 204 g/mol. The van der Waals surface area contributed by atoms with Crippen LogP contribution in [0.25, 0.3) is 5.57 Å². The van der Waals surface area contributed by atoms with Crippen LogP contribution in [0.5, 0.6) is 0 Å². The lowest BCUT2D eigenvalue weighted by Crippen LogP contribution is -2.01. The summed E-state index contributed by atoms with van der Waals surface area (Å²) >= 11 is 0. The Morgan fingerprint density at radius 3 is 2.07 bits per heavy atom. The fourth-order valence-corrected chi connectivity index (χ4v) is 1.53. The first-order valence-electron chi connectivity index (χ1n) is 5.06. The number of hydrogen-bond donors (Lipinski definition) is 1. The minimum absolute atomic E-state index is 0.401. The van der Waals surface area contributed by atoms with Crippen LogP contribution in [0, 0.1) is 0 Å². The molecule has 15 heavy (non-hydrogen) atoms. The highest BCUT2D eigenvalue weighted by atomic mass is 16.4. The summed E-state index contributed by atoms with van der Waals surface area (Å²) in [6, 6.07) is 7.69. The van der Waals surface area contributed by atoms with Gasteiger partial charge in [-0.3, -0.25) is 0 Å². The van der Waals surface area contributed by atoms with Crippen LogP contribution < -0.4 is 0 Å². The molecular formula is C13H16O2. The molecule has 0 saturated heterocycles. The van der Waals surface area contributed by atoms with Gasteiger partial charge in [-0.1, -0.05) is 36.8 Å². The summed E-state index contributed by atoms with van der Waals surface area (Å²) in [5.74, 6) is -0.862. The van der Waals surface area contributed by atoms with Gasteiger partial charge in [-0.25, -0.2) is 4.79 Å². The van der Waals surface area contributed by atoms with Crippen LogP contribution in [-0.4, -0.2) is 11.1 Å². The Balaban J connectivity index is 3.15. The van der Waals surface area contributed by atoms with Crippen LogP contribution in [-0.2, 0) is 11.2 Å². The number of carboxylic acid groups (broad SMARTS) is 1. The normalized spacial score (nSPS) is 9.80. The largest absolute Gasteiger partial charge is 0.478 e. The second-order valence-electron chi connectivity index (χ2n) is 3.73. The Kier molecular flexibility index (Phi) is 3.67. The molecule has 80 valence electrons. The van der Waals surface area contributed by atoms with Gasteiger partial charge in [0.15, 0.2) is 0 Å². The fourth-order valence-electron chi connectivity index (χ4n) is 1.53. The molecule has 1 rings (SSSR count). The molecule has 1 aromatic carbocycles. The number of rotatable bonds is 3. The van der Waals surface area contributed by atoms with Crippen LogP contribution in [0.4, 0.5) is 0 Å². The van der Waals surface area contributed by atoms with Gasteiger partial charge in [0, 0.05) is 0 Å². The van der Waals surface area contributed by atoms with E-state index in [0.717, 1.165) is 17.6 Å². The lowest BCUT2D eigenvalue weighted by atomic mass is 10.00. The molecule has 0 radical (unpaired) electrons. The van der Waals surface area contributed by atoms with Crippen LogP contribution >= 0.6 is 0 Å². The van der Waals surface area contributed by atoms with Crippen molar-refractivity contribution in [1.29, 1.82) is 0 Å². The average Bonchev–Trinajstić information content (AvgIpc) is 2.18. The molecule has 1 aromatic rings. The predicted octanol–water partition coefficient (Wildman–Crippen LogP) is 3.13. The lowest BCUT2D eigenvalue weighted by molar-refractivity contribution is -0.130. The lowest BCUT2D eigenvalue weighted by Gasteiger charge is -2.06. The maximum Gasteiger partial charge on any atom is 0.336 e. The molecule has 0 aliphatic rings. The Morgan fingerprint density at radius 1 is 1.20 bits per heavy atom. The summed E-state index contributed by atoms with van der Waals surface area (Å²) in [4.78, 5) is 11.0. The molecule has 0 fully saturated rings. The number of aryl methyl sites for hydroxylation is 1. The molecule has 0 unspecified atom stereocenters. The smallest absolute Gasteiger partial charge is 0.336 e. The summed E-state index contributed by atoms with van der Waals surface area (Å²) in [5.41, 5.74) is 3.22. The van der Waals surface area contributed by atoms with Crippen molar-refractivity contribution in [3.8, 4) is 0 Å². The second-order valence-corrected chi connectivity index (χ2v) is 3.73. The van der Waals surface area contributed by atoms with E-state index >= 15 is 0 Å². The van der Waals surface area contributed by atoms with E-state index in [4.69, 9.17) is 5.11 Å². The Labute approximate surface area is 90.3 Å². The zero-order valence-electron chi connectivity index (χ0n) is 9.37. The van der Waals surface area contributed by atoms with Gasteiger partial charge in [0.25, 0.3) is 0 Å². The summed E-state index contributed by atoms with van der Waals surface area (Å²) in [6.45, 7) is 5.71. The van der Waals surface area contributed by atoms with E-state index in [0.29, 0.717) is 5.57 Å². The van der Waals surface area contributed by atoms with E-state index in [2.05, 4.69) is 6.92 Å². The third kappa shape index (κ3) is 2.69. The van der Waals surface area contributed by atoms with E-state index in [1.807, 2.05) is 38.1 Å². The number of benzene rings is 1. The third-order valence-corrected chi connectivity index (χ3v) is 2.36. The van der Waals surface area contributed by atoms with Gasteiger partial charge in [0.2, 0.25) is 0 Å². The minimum Gasteiger partial charge on any atom is -0.478 e. The third-order valence-electron chi connectivity index (χ3n) is 2.36. The van der Waals surface area contributed by atoms with E-state index in [-0.39, 0.29) is 0 Å². The first-order chi connectivity index (χ1) is 7.06. The van der Waals surface area contributed by atoms with Gasteiger partial charge in [-0.2, -0.15) is 0 Å². The van der Waals surface area contributed by atoms with Crippen molar-refractivity contribution < 1.29 is 9.90 Å². The van der Waals surface area contributed by atoms with Crippen molar-refractivity contribution in [3.63, 3.8) is 0 Å². The van der Waals surface area contributed by atoms with Crippen LogP contribution in [0.15, 0.2) is 29.8 Å². The molecule has 0 aromatic heterocycles. The van der Waals surface area contributed by atoms with Crippen LogP contribution in [0.2, 0.25) is 0 Å². The standard InChI is InChI=1S/C13H16O2/c1-4-10-5-7-11(8-6-10)12(9(2)3)13(14)15/h5-8H,4H2,1-3H3,(H,14,15). The zero-order valence-corrected chi connectivity index (χ0v) is 9.37. The highest BCUT2D eigenvalue weighted by Crippen LogP contribution is 2.19. The fraction of sp³-hybridized carbons (Fsp3) is 0.308. The summed E-state index contributed by atoms with van der Waals surface area (Å²) < 4.78 is 0. The first-order valence-corrected chi connectivity index (χ1v) is 5.06. The molecule has 0 amide bonds. The molecule has 0 atom stereocenters. The Bertz CT molecular complexity index is 382. The summed E-state index contributed by atoms with van der Waals surface area (Å²) in [6.07, 6.45) is 0.970. The van der Waals surface area contributed by atoms with Gasteiger partial charge in [-0.15, -0.1) is 0 Å². The molecule has 0 spiro atoms. The Hall–Kier alpha value is -1.57. The maximum absolute atomic E-state index is 11.0. The number of carboxylic acids is 1. The molecule has 0 aliphatic heterocycles. The molecule has 2 heteroatoms. The molecule has 2 nitrogen and oxygen atoms in total. The molecule has 0 saturated carbocycles. The maximum atomic E-state index is 11.0. The second kappa shape index (κ2) is 4.78. The van der Waals surface area contributed by atoms with Crippen molar-refractivity contribution in [3.05, 3.63) is 41.0 Å². The SMILES string of the molecule is CCc1ccc(C(C(=O)O)=C(C)C)cc1. The number of aliphatic carboxylic acids is 1. The number of allylic oxidation sites excluding steroid dienone is 1. The van der Waals surface area contributed by atoms with Crippen molar-refractivity contribution in [2.75, 3.05) is 0 Å². The quantitative estimate of drug-likeness (QED) is 0.768. The molecule has 0 heterocycles. The number of carbonyl (C=O) groups is 1. The molecule has 1 N–H and O–H groups in total. The highest BCUT2D eigenvalue weighted by Gasteiger charge is 2.11. The van der Waals surface area contributed by atoms with Crippen molar-refractivity contribution in [1.82, 2.24) is 0 Å². The van der Waals surface area contributed by atoms with Gasteiger partial charge < -0.3 is 5.11 Å². The van der Waals surface area contributed by atoms with Crippen LogP contribution in [0.3, 0.4) is 0 Å². The van der Waals surface area contributed by atoms with Gasteiger partial charge in [0.1, 0.15) is 0 Å². The van der Waals surface area contributed by atoms with E-state index in [1.54, 1.807) is 0 Å². The predicted molar refractivity (Wildman–Crippen MR) is 61.7 cm³/mol. The molecule has 0 aliphatic carbocycles. The van der Waals surface area contributed by atoms with Crippen LogP contribution in [0.1, 0.15) is 31.9 Å². The molecular weight excluding hydrogens is 188 g/mol. The Morgan fingerprint density at radius 2 is 1.73 bits per heavy atom. The zero-order chi connectivity index (χ0) is 11.4.